The lowest BCUT2D eigenvalue weighted by atomic mass is 10.3. The molecule has 62 valence electrons. The second-order valence-corrected chi connectivity index (χ2v) is 3.28. The first-order valence-corrected chi connectivity index (χ1v) is 4.69. The number of aliphatic hydroxyl groups excluding tert-OH is 1. The van der Waals surface area contributed by atoms with Crippen molar-refractivity contribution in [3.05, 3.63) is 17.5 Å². The maximum absolute atomic E-state index is 8.50. The molecule has 0 unspecified atom stereocenters. The molecule has 1 heterocycles. The highest BCUT2D eigenvalue weighted by molar-refractivity contribution is 7.14. The monoisotopic (exact) mass is 171 g/mol. The van der Waals surface area contributed by atoms with Gasteiger partial charge in [0.1, 0.15) is 0 Å². The Labute approximate surface area is 70.9 Å². The van der Waals surface area contributed by atoms with E-state index in [9.17, 15) is 0 Å². The van der Waals surface area contributed by atoms with Crippen molar-refractivity contribution in [2.75, 3.05) is 18.5 Å². The molecule has 0 aromatic carbocycles. The average molecular weight is 171 g/mol. The van der Waals surface area contributed by atoms with Crippen LogP contribution in [0.5, 0.6) is 0 Å². The number of aliphatic hydroxyl groups is 1. The fraction of sp³-hybridized carbons (Fsp3) is 0.500. The Kier molecular flexibility index (Phi) is 4.01. The molecule has 0 spiro atoms. The van der Waals surface area contributed by atoms with Gasteiger partial charge >= 0.3 is 0 Å². The van der Waals surface area contributed by atoms with Crippen LogP contribution in [0.4, 0.5) is 5.00 Å². The third-order valence-corrected chi connectivity index (χ3v) is 2.23. The Morgan fingerprint density at radius 3 is 3.00 bits per heavy atom. The molecule has 11 heavy (non-hydrogen) atoms. The molecule has 2 nitrogen and oxygen atoms in total. The van der Waals surface area contributed by atoms with Crippen LogP contribution in [0, 0.1) is 0 Å². The van der Waals surface area contributed by atoms with Crippen molar-refractivity contribution < 1.29 is 5.11 Å². The Balaban J connectivity index is 2.04. The number of hydrogen-bond donors (Lipinski definition) is 2. The molecule has 0 saturated carbocycles. The van der Waals surface area contributed by atoms with E-state index in [1.165, 1.54) is 5.00 Å². The summed E-state index contributed by atoms with van der Waals surface area (Å²) in [6.45, 7) is 1.26. The van der Waals surface area contributed by atoms with E-state index >= 15 is 0 Å². The normalized spacial score (nSPS) is 9.91. The molecule has 0 aliphatic rings. The van der Waals surface area contributed by atoms with Gasteiger partial charge in [-0.05, 0) is 30.4 Å². The molecule has 0 fully saturated rings. The van der Waals surface area contributed by atoms with Crippen molar-refractivity contribution in [2.45, 2.75) is 12.8 Å². The van der Waals surface area contributed by atoms with E-state index in [-0.39, 0.29) is 0 Å². The predicted molar refractivity (Wildman–Crippen MR) is 49.1 cm³/mol. The molecule has 1 rings (SSSR count). The summed E-state index contributed by atoms with van der Waals surface area (Å²) in [6, 6.07) is 4.09. The summed E-state index contributed by atoms with van der Waals surface area (Å²) in [6.07, 6.45) is 1.92. The number of unbranched alkanes of at least 4 members (excludes halogenated alkanes) is 1. The van der Waals surface area contributed by atoms with E-state index in [1.807, 2.05) is 11.4 Å². The molecule has 0 aliphatic carbocycles. The van der Waals surface area contributed by atoms with E-state index in [0.29, 0.717) is 6.61 Å². The molecule has 0 aliphatic heterocycles. The van der Waals surface area contributed by atoms with E-state index < -0.39 is 0 Å². The fourth-order valence-corrected chi connectivity index (χ4v) is 1.47. The highest BCUT2D eigenvalue weighted by atomic mass is 32.1. The Morgan fingerprint density at radius 2 is 2.36 bits per heavy atom. The second-order valence-electron chi connectivity index (χ2n) is 2.33. The van der Waals surface area contributed by atoms with Gasteiger partial charge in [-0.2, -0.15) is 0 Å². The van der Waals surface area contributed by atoms with Crippen LogP contribution >= 0.6 is 11.3 Å². The van der Waals surface area contributed by atoms with Crippen molar-refractivity contribution in [3.8, 4) is 0 Å². The number of anilines is 1. The third-order valence-electron chi connectivity index (χ3n) is 1.41. The molecule has 0 atom stereocenters. The van der Waals surface area contributed by atoms with E-state index in [0.717, 1.165) is 19.4 Å². The molecule has 0 amide bonds. The summed E-state index contributed by atoms with van der Waals surface area (Å²) in [5.74, 6) is 0. The lowest BCUT2D eigenvalue weighted by molar-refractivity contribution is 0.286. The van der Waals surface area contributed by atoms with Crippen LogP contribution in [0.2, 0.25) is 0 Å². The minimum Gasteiger partial charge on any atom is -0.396 e. The van der Waals surface area contributed by atoms with Crippen LogP contribution in [0.25, 0.3) is 0 Å². The standard InChI is InChI=1S/C8H13NOS/c10-6-2-1-5-9-8-4-3-7-11-8/h3-4,7,9-10H,1-2,5-6H2. The molecule has 0 saturated heterocycles. The van der Waals surface area contributed by atoms with Gasteiger partial charge in [0.05, 0.1) is 5.00 Å². The van der Waals surface area contributed by atoms with E-state index in [2.05, 4.69) is 11.4 Å². The zero-order valence-electron chi connectivity index (χ0n) is 6.42. The first-order chi connectivity index (χ1) is 5.43. The lowest BCUT2D eigenvalue weighted by Crippen LogP contribution is -2.00. The van der Waals surface area contributed by atoms with Crippen LogP contribution < -0.4 is 5.32 Å². The molecule has 2 N–H and O–H groups in total. The summed E-state index contributed by atoms with van der Waals surface area (Å²) >= 11 is 1.71. The van der Waals surface area contributed by atoms with Gasteiger partial charge in [-0.3, -0.25) is 0 Å². The van der Waals surface area contributed by atoms with Gasteiger partial charge in [0.25, 0.3) is 0 Å². The van der Waals surface area contributed by atoms with E-state index in [1.54, 1.807) is 11.3 Å². The zero-order chi connectivity index (χ0) is 7.94. The van der Waals surface area contributed by atoms with Gasteiger partial charge in [-0.25, -0.2) is 0 Å². The SMILES string of the molecule is OCCCCNc1cccs1. The van der Waals surface area contributed by atoms with Crippen LogP contribution in [0.3, 0.4) is 0 Å². The van der Waals surface area contributed by atoms with Gasteiger partial charge in [-0.1, -0.05) is 0 Å². The largest absolute Gasteiger partial charge is 0.396 e. The van der Waals surface area contributed by atoms with Crippen molar-refractivity contribution in [1.29, 1.82) is 0 Å². The Bertz CT molecular complexity index is 174. The van der Waals surface area contributed by atoms with Gasteiger partial charge in [0.15, 0.2) is 0 Å². The first kappa shape index (κ1) is 8.56. The Hall–Kier alpha value is -0.540. The van der Waals surface area contributed by atoms with Crippen molar-refractivity contribution in [2.24, 2.45) is 0 Å². The van der Waals surface area contributed by atoms with E-state index in [4.69, 9.17) is 5.11 Å². The number of nitrogens with one attached hydrogen (secondary N) is 1. The molecule has 0 bridgehead atoms. The van der Waals surface area contributed by atoms with Crippen LogP contribution in [0.15, 0.2) is 17.5 Å². The first-order valence-electron chi connectivity index (χ1n) is 3.81. The smallest absolute Gasteiger partial charge is 0.0882 e. The highest BCUT2D eigenvalue weighted by Crippen LogP contribution is 2.14. The number of rotatable bonds is 5. The van der Waals surface area contributed by atoms with Crippen molar-refractivity contribution >= 4 is 16.3 Å². The summed E-state index contributed by atoms with van der Waals surface area (Å²) in [7, 11) is 0. The quantitative estimate of drug-likeness (QED) is 0.663. The van der Waals surface area contributed by atoms with Crippen molar-refractivity contribution in [1.82, 2.24) is 0 Å². The van der Waals surface area contributed by atoms with Crippen molar-refractivity contribution in [3.63, 3.8) is 0 Å². The topological polar surface area (TPSA) is 32.3 Å². The average Bonchev–Trinajstić information content (AvgIpc) is 2.50. The second kappa shape index (κ2) is 5.16. The lowest BCUT2D eigenvalue weighted by Gasteiger charge is -2.00. The zero-order valence-corrected chi connectivity index (χ0v) is 7.23. The van der Waals surface area contributed by atoms with Crippen LogP contribution in [-0.4, -0.2) is 18.3 Å². The van der Waals surface area contributed by atoms with Gasteiger partial charge in [0.2, 0.25) is 0 Å². The predicted octanol–water partition coefficient (Wildman–Crippen LogP) is 1.93. The summed E-state index contributed by atoms with van der Waals surface area (Å²) in [5, 5.41) is 15.0. The molecule has 3 heteroatoms. The maximum Gasteiger partial charge on any atom is 0.0882 e. The third kappa shape index (κ3) is 3.39. The van der Waals surface area contributed by atoms with Gasteiger partial charge in [0, 0.05) is 13.2 Å². The highest BCUT2D eigenvalue weighted by Gasteiger charge is 1.90. The molecule has 1 aromatic rings. The van der Waals surface area contributed by atoms with Crippen LogP contribution in [0.1, 0.15) is 12.8 Å². The molecule has 1 aromatic heterocycles. The summed E-state index contributed by atoms with van der Waals surface area (Å²) in [5.41, 5.74) is 0. The van der Waals surface area contributed by atoms with Gasteiger partial charge < -0.3 is 10.4 Å². The molecular weight excluding hydrogens is 158 g/mol. The minimum atomic E-state index is 0.298. The maximum atomic E-state index is 8.50. The Morgan fingerprint density at radius 1 is 1.45 bits per heavy atom. The number of thiophene rings is 1. The summed E-state index contributed by atoms with van der Waals surface area (Å²) < 4.78 is 0. The van der Waals surface area contributed by atoms with Gasteiger partial charge in [-0.15, -0.1) is 11.3 Å². The minimum absolute atomic E-state index is 0.298. The summed E-state index contributed by atoms with van der Waals surface area (Å²) in [4.78, 5) is 0. The fourth-order valence-electron chi connectivity index (χ4n) is 0.828. The molecule has 0 radical (unpaired) electrons. The van der Waals surface area contributed by atoms with Crippen LogP contribution in [-0.2, 0) is 0 Å². The number of hydrogen-bond acceptors (Lipinski definition) is 3. The molecular formula is C8H13NOS.